The molecule has 0 rings (SSSR count). The summed E-state index contributed by atoms with van der Waals surface area (Å²) < 4.78 is 5.03. The van der Waals surface area contributed by atoms with Crippen LogP contribution in [0, 0.1) is 5.41 Å². The predicted octanol–water partition coefficient (Wildman–Crippen LogP) is 3.01. The van der Waals surface area contributed by atoms with Crippen LogP contribution in [-0.4, -0.2) is 23.6 Å². The van der Waals surface area contributed by atoms with Crippen LogP contribution in [-0.2, 0) is 19.1 Å². The third-order valence-corrected chi connectivity index (χ3v) is 2.90. The molecule has 1 atom stereocenters. The highest BCUT2D eigenvalue weighted by Gasteiger charge is 2.33. The molecule has 0 aliphatic heterocycles. The van der Waals surface area contributed by atoms with E-state index in [4.69, 9.17) is 4.74 Å². The van der Waals surface area contributed by atoms with Crippen molar-refractivity contribution in [1.82, 2.24) is 0 Å². The van der Waals surface area contributed by atoms with Crippen molar-refractivity contribution in [2.75, 3.05) is 0 Å². The molecule has 20 heavy (non-hydrogen) atoms. The molecule has 0 amide bonds. The largest absolute Gasteiger partial charge is 0.455 e. The summed E-state index contributed by atoms with van der Waals surface area (Å²) in [4.78, 5) is 35.0. The van der Waals surface area contributed by atoms with Crippen LogP contribution in [0.3, 0.4) is 0 Å². The maximum atomic E-state index is 12.1. The number of Topliss-reactive ketones (excluding diaryl/α,β-unsaturated/α-hetero) is 1. The molecule has 0 aliphatic rings. The van der Waals surface area contributed by atoms with Crippen molar-refractivity contribution in [3.05, 3.63) is 24.3 Å². The van der Waals surface area contributed by atoms with Gasteiger partial charge in [0.25, 0.3) is 0 Å². The minimum absolute atomic E-state index is 0.124. The van der Waals surface area contributed by atoms with Gasteiger partial charge < -0.3 is 4.74 Å². The monoisotopic (exact) mass is 280 g/mol. The van der Waals surface area contributed by atoms with Crippen molar-refractivity contribution < 1.29 is 19.1 Å². The van der Waals surface area contributed by atoms with Crippen molar-refractivity contribution in [3.63, 3.8) is 0 Å². The second-order valence-electron chi connectivity index (χ2n) is 5.55. The van der Waals surface area contributed by atoms with E-state index >= 15 is 0 Å². The van der Waals surface area contributed by atoms with Gasteiger partial charge in [0, 0.05) is 25.2 Å². The highest BCUT2D eigenvalue weighted by Crippen LogP contribution is 2.26. The first-order valence-electron chi connectivity index (χ1n) is 6.68. The molecule has 0 radical (unpaired) electrons. The van der Waals surface area contributed by atoms with Gasteiger partial charge >= 0.3 is 5.97 Å². The van der Waals surface area contributed by atoms with Gasteiger partial charge in [0.15, 0.2) is 17.7 Å². The van der Waals surface area contributed by atoms with E-state index in [9.17, 15) is 14.4 Å². The van der Waals surface area contributed by atoms with E-state index in [1.165, 1.54) is 13.0 Å². The van der Waals surface area contributed by atoms with E-state index in [-0.39, 0.29) is 24.4 Å². The van der Waals surface area contributed by atoms with E-state index in [0.717, 1.165) is 5.57 Å². The third kappa shape index (κ3) is 6.45. The number of ether oxygens (including phenoxy) is 1. The summed E-state index contributed by atoms with van der Waals surface area (Å²) in [7, 11) is 0. The van der Waals surface area contributed by atoms with Gasteiger partial charge in [-0.25, -0.2) is 0 Å². The van der Waals surface area contributed by atoms with Gasteiger partial charge in [0.1, 0.15) is 0 Å². The zero-order valence-corrected chi connectivity index (χ0v) is 13.0. The number of carbonyl (C=O) groups is 3. The van der Waals surface area contributed by atoms with Crippen molar-refractivity contribution in [3.8, 4) is 0 Å². The minimum Gasteiger partial charge on any atom is -0.455 e. The van der Waals surface area contributed by atoms with Gasteiger partial charge in [-0.2, -0.15) is 0 Å². The number of ketones is 2. The number of hydrogen-bond acceptors (Lipinski definition) is 4. The molecule has 0 saturated carbocycles. The van der Waals surface area contributed by atoms with E-state index in [1.807, 2.05) is 0 Å². The van der Waals surface area contributed by atoms with E-state index in [2.05, 4.69) is 6.58 Å². The molecule has 0 fully saturated rings. The number of esters is 1. The molecule has 4 nitrogen and oxygen atoms in total. The molecular formula is C16H24O4. The Morgan fingerprint density at radius 1 is 1.20 bits per heavy atom. The molecule has 0 aromatic carbocycles. The lowest BCUT2D eigenvalue weighted by Crippen LogP contribution is -2.35. The molecule has 112 valence electrons. The molecule has 0 saturated heterocycles. The Labute approximate surface area is 120 Å². The van der Waals surface area contributed by atoms with Crippen LogP contribution in [0.1, 0.15) is 47.5 Å². The Hall–Kier alpha value is -1.71. The maximum absolute atomic E-state index is 12.1. The number of allylic oxidation sites excluding steroid dienone is 3. The topological polar surface area (TPSA) is 60.4 Å². The zero-order chi connectivity index (χ0) is 15.9. The van der Waals surface area contributed by atoms with Crippen LogP contribution in [0.5, 0.6) is 0 Å². The number of rotatable bonds is 8. The van der Waals surface area contributed by atoms with Gasteiger partial charge in [-0.15, -0.1) is 0 Å². The molecule has 0 aromatic heterocycles. The highest BCUT2D eigenvalue weighted by atomic mass is 16.5. The summed E-state index contributed by atoms with van der Waals surface area (Å²) in [5.74, 6) is -0.816. The van der Waals surface area contributed by atoms with Crippen molar-refractivity contribution in [2.24, 2.45) is 5.41 Å². The molecule has 0 spiro atoms. The summed E-state index contributed by atoms with van der Waals surface area (Å²) in [5, 5.41) is 0. The molecule has 0 heterocycles. The van der Waals surface area contributed by atoms with E-state index < -0.39 is 17.5 Å². The zero-order valence-electron chi connectivity index (χ0n) is 13.0. The molecule has 4 heteroatoms. The molecule has 0 aliphatic carbocycles. The Kier molecular flexibility index (Phi) is 7.11. The van der Waals surface area contributed by atoms with Crippen LogP contribution in [0.2, 0.25) is 0 Å². The fourth-order valence-corrected chi connectivity index (χ4v) is 1.66. The van der Waals surface area contributed by atoms with Crippen LogP contribution in [0.4, 0.5) is 0 Å². The van der Waals surface area contributed by atoms with Crippen LogP contribution < -0.4 is 0 Å². The average molecular weight is 280 g/mol. The quantitative estimate of drug-likeness (QED) is 0.389. The lowest BCUT2D eigenvalue weighted by atomic mass is 9.81. The van der Waals surface area contributed by atoms with Crippen molar-refractivity contribution in [2.45, 2.75) is 53.6 Å². The fraction of sp³-hybridized carbons (Fsp3) is 0.562. The SMILES string of the molecule is C=C(C)/C=C/C(=O)C(C)(C)CC(OC(C)=O)C(=O)CC. The standard InChI is InChI=1S/C16H24O4/c1-7-13(18)14(20-12(4)17)10-16(5,6)15(19)9-8-11(2)3/h8-9,14H,2,7,10H2,1,3-6H3/b9-8+. The summed E-state index contributed by atoms with van der Waals surface area (Å²) in [6, 6.07) is 0. The smallest absolute Gasteiger partial charge is 0.303 e. The molecular weight excluding hydrogens is 256 g/mol. The first-order valence-corrected chi connectivity index (χ1v) is 6.68. The van der Waals surface area contributed by atoms with Gasteiger partial charge in [-0.05, 0) is 13.0 Å². The number of hydrogen-bond donors (Lipinski definition) is 0. The number of carbonyl (C=O) groups excluding carboxylic acids is 3. The second-order valence-corrected chi connectivity index (χ2v) is 5.55. The van der Waals surface area contributed by atoms with Crippen LogP contribution in [0.15, 0.2) is 24.3 Å². The Balaban J connectivity index is 4.99. The fourth-order valence-electron chi connectivity index (χ4n) is 1.66. The molecule has 0 aromatic rings. The molecule has 0 N–H and O–H groups in total. The molecule has 0 bridgehead atoms. The lowest BCUT2D eigenvalue weighted by molar-refractivity contribution is -0.155. The Morgan fingerprint density at radius 3 is 2.15 bits per heavy atom. The van der Waals surface area contributed by atoms with E-state index in [1.54, 1.807) is 33.8 Å². The first kappa shape index (κ1) is 18.3. The van der Waals surface area contributed by atoms with Crippen LogP contribution in [0.25, 0.3) is 0 Å². The summed E-state index contributed by atoms with van der Waals surface area (Å²) in [6.45, 7) is 11.9. The highest BCUT2D eigenvalue weighted by molar-refractivity contribution is 5.95. The molecule has 1 unspecified atom stereocenters. The minimum atomic E-state index is -0.866. The summed E-state index contributed by atoms with van der Waals surface area (Å²) in [6.07, 6.45) is 2.66. The van der Waals surface area contributed by atoms with Gasteiger partial charge in [-0.1, -0.05) is 39.0 Å². The second kappa shape index (κ2) is 7.78. The summed E-state index contributed by atoms with van der Waals surface area (Å²) in [5.41, 5.74) is -0.00741. The Bertz CT molecular complexity index is 430. The summed E-state index contributed by atoms with van der Waals surface area (Å²) >= 11 is 0. The predicted molar refractivity (Wildman–Crippen MR) is 78.2 cm³/mol. The van der Waals surface area contributed by atoms with Crippen molar-refractivity contribution >= 4 is 17.5 Å². The average Bonchev–Trinajstić information content (AvgIpc) is 2.32. The van der Waals surface area contributed by atoms with E-state index in [0.29, 0.717) is 0 Å². The maximum Gasteiger partial charge on any atom is 0.303 e. The van der Waals surface area contributed by atoms with Gasteiger partial charge in [-0.3, -0.25) is 14.4 Å². The van der Waals surface area contributed by atoms with Gasteiger partial charge in [0.05, 0.1) is 0 Å². The van der Waals surface area contributed by atoms with Gasteiger partial charge in [0.2, 0.25) is 0 Å². The van der Waals surface area contributed by atoms with Crippen molar-refractivity contribution in [1.29, 1.82) is 0 Å². The first-order chi connectivity index (χ1) is 9.10. The third-order valence-electron chi connectivity index (χ3n) is 2.90. The Morgan fingerprint density at radius 2 is 1.75 bits per heavy atom. The normalized spacial score (nSPS) is 13.1. The van der Waals surface area contributed by atoms with Crippen LogP contribution >= 0.6 is 0 Å². The lowest BCUT2D eigenvalue weighted by Gasteiger charge is -2.26.